The average Bonchev–Trinajstić information content (AvgIpc) is 2.95. The summed E-state index contributed by atoms with van der Waals surface area (Å²) in [6.07, 6.45) is 1.15. The molecule has 2 heterocycles. The van der Waals surface area contributed by atoms with E-state index in [0.29, 0.717) is 29.7 Å². The molecule has 0 N–H and O–H groups in total. The Morgan fingerprint density at radius 1 is 0.839 bits per heavy atom. The van der Waals surface area contributed by atoms with Crippen LogP contribution in [0.3, 0.4) is 0 Å². The van der Waals surface area contributed by atoms with E-state index in [1.807, 2.05) is 49.4 Å². The van der Waals surface area contributed by atoms with Crippen LogP contribution in [0.2, 0.25) is 0 Å². The van der Waals surface area contributed by atoms with Gasteiger partial charge in [-0.3, -0.25) is 14.5 Å². The summed E-state index contributed by atoms with van der Waals surface area (Å²) < 4.78 is 0. The maximum absolute atomic E-state index is 13.6. The summed E-state index contributed by atoms with van der Waals surface area (Å²) >= 11 is 0. The highest BCUT2D eigenvalue weighted by Gasteiger charge is 2.42. The van der Waals surface area contributed by atoms with Crippen LogP contribution in [0.15, 0.2) is 48.2 Å². The number of nitrogens with zero attached hydrogens (tertiary/aromatic N) is 2. The zero-order valence-electron chi connectivity index (χ0n) is 19.2. The third-order valence-electron chi connectivity index (χ3n) is 6.59. The van der Waals surface area contributed by atoms with Crippen molar-refractivity contribution in [2.75, 3.05) is 13.1 Å². The third kappa shape index (κ3) is 4.16. The molecule has 162 valence electrons. The number of likely N-dealkylation sites (tertiary alicyclic amines) is 1. The number of benzene rings is 2. The van der Waals surface area contributed by atoms with Gasteiger partial charge in [0.15, 0.2) is 0 Å². The van der Waals surface area contributed by atoms with Crippen molar-refractivity contribution in [1.82, 2.24) is 9.80 Å². The zero-order valence-corrected chi connectivity index (χ0v) is 19.2. The van der Waals surface area contributed by atoms with Gasteiger partial charge in [-0.1, -0.05) is 61.9 Å². The van der Waals surface area contributed by atoms with Gasteiger partial charge in [-0.05, 0) is 61.3 Å². The van der Waals surface area contributed by atoms with Crippen molar-refractivity contribution < 1.29 is 9.59 Å². The molecule has 2 atom stereocenters. The van der Waals surface area contributed by atoms with Crippen LogP contribution in [0.5, 0.6) is 0 Å². The van der Waals surface area contributed by atoms with Crippen molar-refractivity contribution >= 4 is 17.4 Å². The average molecular weight is 417 g/mol. The molecule has 0 spiro atoms. The third-order valence-corrected chi connectivity index (χ3v) is 6.59. The fourth-order valence-corrected chi connectivity index (χ4v) is 4.88. The van der Waals surface area contributed by atoms with Gasteiger partial charge in [-0.15, -0.1) is 0 Å². The van der Waals surface area contributed by atoms with E-state index in [-0.39, 0.29) is 11.8 Å². The summed E-state index contributed by atoms with van der Waals surface area (Å²) in [7, 11) is 0. The molecule has 2 aromatic carbocycles. The topological polar surface area (TPSA) is 40.6 Å². The van der Waals surface area contributed by atoms with Crippen molar-refractivity contribution in [3.05, 3.63) is 76.0 Å². The molecule has 0 bridgehead atoms. The largest absolute Gasteiger partial charge is 0.366 e. The molecule has 1 saturated heterocycles. The van der Waals surface area contributed by atoms with Crippen molar-refractivity contribution in [1.29, 1.82) is 0 Å². The molecule has 4 nitrogen and oxygen atoms in total. The fraction of sp³-hybridized carbons (Fsp3) is 0.407. The molecule has 2 aliphatic rings. The number of rotatable bonds is 4. The first-order valence-corrected chi connectivity index (χ1v) is 11.2. The second-order valence-electron chi connectivity index (χ2n) is 9.56. The van der Waals surface area contributed by atoms with E-state index >= 15 is 0 Å². The standard InChI is InChI=1S/C27H32N2O2/c1-17-6-9-22(10-7-17)16-29-26(30)24(23-11-8-20(4)21(5)13-23)25(27(29)31)28-14-18(2)12-19(3)15-28/h6-11,13,18-19H,12,14-16H2,1-5H3. The summed E-state index contributed by atoms with van der Waals surface area (Å²) in [4.78, 5) is 30.9. The Bertz CT molecular complexity index is 1040. The van der Waals surface area contributed by atoms with Crippen LogP contribution in [0.4, 0.5) is 0 Å². The molecule has 4 heteroatoms. The molecule has 31 heavy (non-hydrogen) atoms. The van der Waals surface area contributed by atoms with Crippen LogP contribution in [0.1, 0.15) is 48.1 Å². The maximum Gasteiger partial charge on any atom is 0.278 e. The van der Waals surface area contributed by atoms with Gasteiger partial charge in [0.1, 0.15) is 5.70 Å². The Balaban J connectivity index is 1.76. The van der Waals surface area contributed by atoms with E-state index in [0.717, 1.165) is 41.8 Å². The highest BCUT2D eigenvalue weighted by atomic mass is 16.2. The zero-order chi connectivity index (χ0) is 22.3. The maximum atomic E-state index is 13.6. The normalized spacial score (nSPS) is 22.0. The van der Waals surface area contributed by atoms with E-state index in [9.17, 15) is 9.59 Å². The predicted molar refractivity (Wildman–Crippen MR) is 124 cm³/mol. The molecule has 0 saturated carbocycles. The minimum Gasteiger partial charge on any atom is -0.366 e. The van der Waals surface area contributed by atoms with E-state index in [2.05, 4.69) is 32.6 Å². The lowest BCUT2D eigenvalue weighted by Gasteiger charge is -2.37. The molecule has 2 aromatic rings. The van der Waals surface area contributed by atoms with Crippen molar-refractivity contribution in [2.45, 2.75) is 47.6 Å². The number of piperidine rings is 1. The van der Waals surface area contributed by atoms with Crippen LogP contribution in [-0.4, -0.2) is 34.7 Å². The van der Waals surface area contributed by atoms with Gasteiger partial charge < -0.3 is 4.90 Å². The molecule has 0 aromatic heterocycles. The quantitative estimate of drug-likeness (QED) is 0.668. The molecule has 2 unspecified atom stereocenters. The van der Waals surface area contributed by atoms with E-state index in [1.54, 1.807) is 0 Å². The molecule has 0 aliphatic carbocycles. The van der Waals surface area contributed by atoms with Gasteiger partial charge in [-0.25, -0.2) is 0 Å². The minimum atomic E-state index is -0.185. The van der Waals surface area contributed by atoms with Crippen molar-refractivity contribution in [3.63, 3.8) is 0 Å². The highest BCUT2D eigenvalue weighted by Crippen LogP contribution is 2.36. The van der Waals surface area contributed by atoms with Crippen LogP contribution in [0, 0.1) is 32.6 Å². The molecule has 0 radical (unpaired) electrons. The lowest BCUT2D eigenvalue weighted by Crippen LogP contribution is -2.41. The number of imide groups is 1. The fourth-order valence-electron chi connectivity index (χ4n) is 4.88. The van der Waals surface area contributed by atoms with Crippen LogP contribution in [-0.2, 0) is 16.1 Å². The first kappa shape index (κ1) is 21.4. The van der Waals surface area contributed by atoms with Gasteiger partial charge in [0.25, 0.3) is 11.8 Å². The second kappa shape index (κ2) is 8.33. The lowest BCUT2D eigenvalue weighted by atomic mass is 9.90. The van der Waals surface area contributed by atoms with Crippen LogP contribution >= 0.6 is 0 Å². The molecular weight excluding hydrogens is 384 g/mol. The van der Waals surface area contributed by atoms with Crippen molar-refractivity contribution in [2.24, 2.45) is 11.8 Å². The monoisotopic (exact) mass is 416 g/mol. The Morgan fingerprint density at radius 3 is 2.10 bits per heavy atom. The SMILES string of the molecule is Cc1ccc(CN2C(=O)C(c3ccc(C)c(C)c3)=C(N3CC(C)CC(C)C3)C2=O)cc1. The first-order valence-electron chi connectivity index (χ1n) is 11.2. The second-order valence-corrected chi connectivity index (χ2v) is 9.56. The molecule has 2 amide bonds. The first-order chi connectivity index (χ1) is 14.7. The Morgan fingerprint density at radius 2 is 1.48 bits per heavy atom. The molecular formula is C27H32N2O2. The summed E-state index contributed by atoms with van der Waals surface area (Å²) in [6.45, 7) is 12.5. The van der Waals surface area contributed by atoms with Crippen LogP contribution in [0.25, 0.3) is 5.57 Å². The number of carbonyl (C=O) groups is 2. The van der Waals surface area contributed by atoms with Gasteiger partial charge in [0, 0.05) is 13.1 Å². The van der Waals surface area contributed by atoms with Gasteiger partial charge in [-0.2, -0.15) is 0 Å². The predicted octanol–water partition coefficient (Wildman–Crippen LogP) is 4.87. The van der Waals surface area contributed by atoms with Crippen LogP contribution < -0.4 is 0 Å². The number of hydrogen-bond acceptors (Lipinski definition) is 3. The number of aryl methyl sites for hydroxylation is 3. The van der Waals surface area contributed by atoms with Crippen molar-refractivity contribution in [3.8, 4) is 0 Å². The van der Waals surface area contributed by atoms with E-state index < -0.39 is 0 Å². The summed E-state index contributed by atoms with van der Waals surface area (Å²) in [5.74, 6) is 0.632. The smallest absolute Gasteiger partial charge is 0.278 e. The summed E-state index contributed by atoms with van der Waals surface area (Å²) in [5, 5.41) is 0. The Labute approximate surface area is 185 Å². The molecule has 4 rings (SSSR count). The highest BCUT2D eigenvalue weighted by molar-refractivity contribution is 6.35. The Kier molecular flexibility index (Phi) is 5.74. The number of amides is 2. The molecule has 2 aliphatic heterocycles. The number of hydrogen-bond donors (Lipinski definition) is 0. The van der Waals surface area contributed by atoms with E-state index in [1.165, 1.54) is 10.5 Å². The summed E-state index contributed by atoms with van der Waals surface area (Å²) in [6, 6.07) is 14.1. The number of carbonyl (C=O) groups excluding carboxylic acids is 2. The molecule has 1 fully saturated rings. The van der Waals surface area contributed by atoms with Gasteiger partial charge in [0.05, 0.1) is 12.1 Å². The lowest BCUT2D eigenvalue weighted by molar-refractivity contribution is -0.138. The summed E-state index contributed by atoms with van der Waals surface area (Å²) in [5.41, 5.74) is 6.41. The van der Waals surface area contributed by atoms with Gasteiger partial charge >= 0.3 is 0 Å². The minimum absolute atomic E-state index is 0.167. The Hall–Kier alpha value is -2.88. The van der Waals surface area contributed by atoms with Gasteiger partial charge in [0.2, 0.25) is 0 Å². The van der Waals surface area contributed by atoms with E-state index in [4.69, 9.17) is 0 Å².